The van der Waals surface area contributed by atoms with Crippen LogP contribution in [0.15, 0.2) is 78.4 Å². The highest BCUT2D eigenvalue weighted by Gasteiger charge is 2.35. The van der Waals surface area contributed by atoms with Gasteiger partial charge in [-0.05, 0) is 67.4 Å². The van der Waals surface area contributed by atoms with Gasteiger partial charge in [0.2, 0.25) is 0 Å². The number of amides is 2. The van der Waals surface area contributed by atoms with Crippen LogP contribution in [0, 0.1) is 19.7 Å². The average Bonchev–Trinajstić information content (AvgIpc) is 3.10. The summed E-state index contributed by atoms with van der Waals surface area (Å²) in [7, 11) is 0. The summed E-state index contributed by atoms with van der Waals surface area (Å²) in [6, 6.07) is 21.9. The van der Waals surface area contributed by atoms with Crippen LogP contribution in [0.4, 0.5) is 10.1 Å². The van der Waals surface area contributed by atoms with Gasteiger partial charge in [-0.15, -0.1) is 0 Å². The van der Waals surface area contributed by atoms with Crippen molar-refractivity contribution in [2.24, 2.45) is 0 Å². The van der Waals surface area contributed by atoms with Gasteiger partial charge >= 0.3 is 0 Å². The van der Waals surface area contributed by atoms with Crippen LogP contribution in [0.25, 0.3) is 22.5 Å². The molecule has 4 aromatic rings. The fourth-order valence-electron chi connectivity index (χ4n) is 4.37. The molecule has 0 radical (unpaired) electrons. The molecule has 2 heterocycles. The van der Waals surface area contributed by atoms with Crippen molar-refractivity contribution in [2.75, 3.05) is 4.90 Å². The monoisotopic (exact) mass is 469 g/mol. The highest BCUT2D eigenvalue weighted by atomic mass is 32.1. The third-order valence-corrected chi connectivity index (χ3v) is 6.26. The van der Waals surface area contributed by atoms with Gasteiger partial charge in [0.05, 0.1) is 11.4 Å². The number of benzene rings is 3. The lowest BCUT2D eigenvalue weighted by Gasteiger charge is -2.29. The summed E-state index contributed by atoms with van der Waals surface area (Å²) in [6.45, 7) is 3.91. The number of carbonyl (C=O) groups excluding carboxylic acids is 2. The number of halogens is 1. The zero-order valence-corrected chi connectivity index (χ0v) is 19.3. The molecular formula is C27H20FN3O2S. The molecular weight excluding hydrogens is 449 g/mol. The van der Waals surface area contributed by atoms with E-state index in [1.165, 1.54) is 24.3 Å². The number of hydrogen-bond acceptors (Lipinski definition) is 3. The number of anilines is 1. The van der Waals surface area contributed by atoms with Crippen molar-refractivity contribution in [3.8, 4) is 5.69 Å². The highest BCUT2D eigenvalue weighted by Crippen LogP contribution is 2.30. The van der Waals surface area contributed by atoms with E-state index < -0.39 is 17.6 Å². The summed E-state index contributed by atoms with van der Waals surface area (Å²) < 4.78 is 16.5. The van der Waals surface area contributed by atoms with Gasteiger partial charge in [0.25, 0.3) is 11.8 Å². The van der Waals surface area contributed by atoms with E-state index in [4.69, 9.17) is 12.2 Å². The SMILES string of the molecule is Cc1cc(/C=C2\C(=O)NC(=S)N(c3ccccc3F)C2=O)c(C)n1-c1cccc2ccccc12. The first-order chi connectivity index (χ1) is 16.4. The van der Waals surface area contributed by atoms with Crippen molar-refractivity contribution in [1.82, 2.24) is 9.88 Å². The number of hydrogen-bond donors (Lipinski definition) is 1. The van der Waals surface area contributed by atoms with E-state index >= 15 is 0 Å². The Bertz CT molecular complexity index is 1530. The molecule has 3 aromatic carbocycles. The molecule has 1 N–H and O–H groups in total. The predicted octanol–water partition coefficient (Wildman–Crippen LogP) is 5.22. The summed E-state index contributed by atoms with van der Waals surface area (Å²) in [5.74, 6) is -1.89. The fourth-order valence-corrected chi connectivity index (χ4v) is 4.65. The summed E-state index contributed by atoms with van der Waals surface area (Å²) >= 11 is 5.18. The second kappa shape index (κ2) is 8.35. The predicted molar refractivity (Wildman–Crippen MR) is 135 cm³/mol. The molecule has 34 heavy (non-hydrogen) atoms. The number of para-hydroxylation sites is 1. The lowest BCUT2D eigenvalue weighted by atomic mass is 10.1. The number of rotatable bonds is 3. The van der Waals surface area contributed by atoms with Gasteiger partial charge in [-0.2, -0.15) is 0 Å². The first-order valence-electron chi connectivity index (χ1n) is 10.7. The molecule has 0 bridgehead atoms. The Hall–Kier alpha value is -4.10. The normalized spacial score (nSPS) is 15.3. The van der Waals surface area contributed by atoms with Crippen LogP contribution in [0.2, 0.25) is 0 Å². The van der Waals surface area contributed by atoms with Crippen molar-refractivity contribution >= 4 is 51.7 Å². The smallest absolute Gasteiger partial charge is 0.270 e. The first kappa shape index (κ1) is 21.7. The molecule has 0 spiro atoms. The molecule has 0 aliphatic carbocycles. The number of aryl methyl sites for hydroxylation is 1. The molecule has 1 aliphatic rings. The first-order valence-corrected chi connectivity index (χ1v) is 11.1. The van der Waals surface area contributed by atoms with Gasteiger partial charge < -0.3 is 4.57 Å². The number of thiocarbonyl (C=S) groups is 1. The summed E-state index contributed by atoms with van der Waals surface area (Å²) in [6.07, 6.45) is 1.54. The third kappa shape index (κ3) is 3.50. The van der Waals surface area contributed by atoms with Crippen LogP contribution in [-0.4, -0.2) is 21.5 Å². The maximum Gasteiger partial charge on any atom is 0.270 e. The van der Waals surface area contributed by atoms with Crippen LogP contribution >= 0.6 is 12.2 Å². The topological polar surface area (TPSA) is 54.3 Å². The molecule has 7 heteroatoms. The van der Waals surface area contributed by atoms with Gasteiger partial charge in [-0.25, -0.2) is 9.29 Å². The Labute approximate surface area is 201 Å². The Kier molecular flexibility index (Phi) is 5.34. The van der Waals surface area contributed by atoms with E-state index in [1.54, 1.807) is 6.07 Å². The second-order valence-electron chi connectivity index (χ2n) is 8.07. The number of carbonyl (C=O) groups is 2. The van der Waals surface area contributed by atoms with E-state index in [0.717, 1.165) is 32.7 Å². The largest absolute Gasteiger partial charge is 0.317 e. The van der Waals surface area contributed by atoms with Gasteiger partial charge in [0, 0.05) is 16.8 Å². The van der Waals surface area contributed by atoms with E-state index in [-0.39, 0.29) is 16.4 Å². The summed E-state index contributed by atoms with van der Waals surface area (Å²) in [5.41, 5.74) is 3.41. The number of nitrogens with zero attached hydrogens (tertiary/aromatic N) is 2. The van der Waals surface area contributed by atoms with Crippen molar-refractivity contribution in [1.29, 1.82) is 0 Å². The molecule has 5 nitrogen and oxygen atoms in total. The van der Waals surface area contributed by atoms with Crippen molar-refractivity contribution in [3.05, 3.63) is 101 Å². The molecule has 0 saturated carbocycles. The minimum absolute atomic E-state index is 0.00960. The number of fused-ring (bicyclic) bond motifs is 1. The van der Waals surface area contributed by atoms with E-state index in [9.17, 15) is 14.0 Å². The Balaban J connectivity index is 1.61. The number of nitrogens with one attached hydrogen (secondary N) is 1. The fraction of sp³-hybridized carbons (Fsp3) is 0.0741. The van der Waals surface area contributed by atoms with Crippen LogP contribution in [0.1, 0.15) is 17.0 Å². The minimum Gasteiger partial charge on any atom is -0.317 e. The zero-order valence-electron chi connectivity index (χ0n) is 18.5. The molecule has 1 saturated heterocycles. The van der Waals surface area contributed by atoms with Gasteiger partial charge in [0.15, 0.2) is 5.11 Å². The Morgan fingerprint density at radius 3 is 2.38 bits per heavy atom. The lowest BCUT2D eigenvalue weighted by Crippen LogP contribution is -2.54. The zero-order chi connectivity index (χ0) is 24.0. The number of aromatic nitrogens is 1. The molecule has 1 aromatic heterocycles. The van der Waals surface area contributed by atoms with Gasteiger partial charge in [0.1, 0.15) is 11.4 Å². The lowest BCUT2D eigenvalue weighted by molar-refractivity contribution is -0.122. The van der Waals surface area contributed by atoms with E-state index in [2.05, 4.69) is 28.1 Å². The quantitative estimate of drug-likeness (QED) is 0.254. The van der Waals surface area contributed by atoms with Crippen molar-refractivity contribution in [2.45, 2.75) is 13.8 Å². The molecule has 2 amide bonds. The van der Waals surface area contributed by atoms with Crippen molar-refractivity contribution in [3.63, 3.8) is 0 Å². The van der Waals surface area contributed by atoms with E-state index in [0.29, 0.717) is 5.56 Å². The van der Waals surface area contributed by atoms with Crippen LogP contribution in [0.3, 0.4) is 0 Å². The Morgan fingerprint density at radius 2 is 1.59 bits per heavy atom. The standard InChI is InChI=1S/C27H20FN3O2S/c1-16-14-19(17(2)30(16)23-13-7-9-18-8-3-4-10-20(18)23)15-21-25(32)29-27(34)31(26(21)33)24-12-6-5-11-22(24)28/h3-15H,1-2H3,(H,29,32,34)/b21-15+. The third-order valence-electron chi connectivity index (χ3n) is 5.97. The summed E-state index contributed by atoms with van der Waals surface area (Å²) in [4.78, 5) is 27.0. The van der Waals surface area contributed by atoms with Crippen LogP contribution in [-0.2, 0) is 9.59 Å². The molecule has 168 valence electrons. The molecule has 1 fully saturated rings. The molecule has 0 unspecified atom stereocenters. The maximum absolute atomic E-state index is 14.4. The molecule has 1 aliphatic heterocycles. The van der Waals surface area contributed by atoms with Gasteiger partial charge in [-0.1, -0.05) is 48.5 Å². The summed E-state index contributed by atoms with van der Waals surface area (Å²) in [5, 5.41) is 4.56. The molecule has 0 atom stereocenters. The average molecular weight is 470 g/mol. The van der Waals surface area contributed by atoms with E-state index in [1.807, 2.05) is 44.2 Å². The highest BCUT2D eigenvalue weighted by molar-refractivity contribution is 7.80. The molecule has 5 rings (SSSR count). The minimum atomic E-state index is -0.672. The second-order valence-corrected chi connectivity index (χ2v) is 8.46. The van der Waals surface area contributed by atoms with Crippen LogP contribution < -0.4 is 10.2 Å². The maximum atomic E-state index is 14.4. The Morgan fingerprint density at radius 1 is 0.912 bits per heavy atom. The van der Waals surface area contributed by atoms with Crippen LogP contribution in [0.5, 0.6) is 0 Å². The van der Waals surface area contributed by atoms with Gasteiger partial charge in [-0.3, -0.25) is 14.9 Å². The van der Waals surface area contributed by atoms with Crippen molar-refractivity contribution < 1.29 is 14.0 Å².